The summed E-state index contributed by atoms with van der Waals surface area (Å²) in [6.45, 7) is 0. The third-order valence-corrected chi connectivity index (χ3v) is 4.89. The zero-order valence-corrected chi connectivity index (χ0v) is 12.4. The molecular weight excluding hydrogens is 280 g/mol. The standard InChI is InChI=1S/C14H19ClN2OS/c15-11-7-4-8-12(16)14(11)19-9-13(18)17-10-5-2-1-3-6-10/h4,7-8,10H,1-3,5-6,9,16H2,(H,17,18). The molecule has 0 radical (unpaired) electrons. The van der Waals surface area contributed by atoms with Crippen LogP contribution in [0.1, 0.15) is 32.1 Å². The molecule has 1 amide bonds. The highest BCUT2D eigenvalue weighted by molar-refractivity contribution is 8.00. The van der Waals surface area contributed by atoms with Crippen LogP contribution in [0.3, 0.4) is 0 Å². The van der Waals surface area contributed by atoms with Crippen molar-refractivity contribution in [3.63, 3.8) is 0 Å². The molecule has 3 nitrogen and oxygen atoms in total. The maximum absolute atomic E-state index is 11.9. The van der Waals surface area contributed by atoms with Gasteiger partial charge in [-0.15, -0.1) is 11.8 Å². The topological polar surface area (TPSA) is 55.1 Å². The van der Waals surface area contributed by atoms with E-state index in [1.165, 1.54) is 31.0 Å². The lowest BCUT2D eigenvalue weighted by Gasteiger charge is -2.22. The number of nitrogen functional groups attached to an aromatic ring is 1. The molecule has 0 bridgehead atoms. The number of benzene rings is 1. The third kappa shape index (κ3) is 4.32. The first-order valence-corrected chi connectivity index (χ1v) is 7.99. The van der Waals surface area contributed by atoms with E-state index in [9.17, 15) is 4.79 Å². The van der Waals surface area contributed by atoms with Crippen molar-refractivity contribution in [1.29, 1.82) is 0 Å². The van der Waals surface area contributed by atoms with Crippen LogP contribution >= 0.6 is 23.4 Å². The van der Waals surface area contributed by atoms with Gasteiger partial charge in [0.25, 0.3) is 0 Å². The van der Waals surface area contributed by atoms with E-state index in [0.717, 1.165) is 17.7 Å². The van der Waals surface area contributed by atoms with E-state index >= 15 is 0 Å². The maximum atomic E-state index is 11.9. The van der Waals surface area contributed by atoms with E-state index in [1.54, 1.807) is 12.1 Å². The van der Waals surface area contributed by atoms with E-state index in [4.69, 9.17) is 17.3 Å². The minimum absolute atomic E-state index is 0.0659. The molecule has 0 spiro atoms. The molecule has 19 heavy (non-hydrogen) atoms. The van der Waals surface area contributed by atoms with Crippen molar-refractivity contribution >= 4 is 35.0 Å². The van der Waals surface area contributed by atoms with Crippen LogP contribution in [0, 0.1) is 0 Å². The molecule has 1 aliphatic rings. The summed E-state index contributed by atoms with van der Waals surface area (Å²) in [4.78, 5) is 12.7. The van der Waals surface area contributed by atoms with E-state index in [1.807, 2.05) is 6.07 Å². The number of halogens is 1. The fourth-order valence-electron chi connectivity index (χ4n) is 2.33. The number of nitrogens with one attached hydrogen (secondary N) is 1. The Bertz CT molecular complexity index is 427. The molecule has 1 saturated carbocycles. The summed E-state index contributed by atoms with van der Waals surface area (Å²) in [7, 11) is 0. The van der Waals surface area contributed by atoms with Crippen LogP contribution in [-0.4, -0.2) is 17.7 Å². The Kier molecular flexibility index (Phi) is 5.40. The van der Waals surface area contributed by atoms with Crippen LogP contribution in [0.4, 0.5) is 5.69 Å². The molecule has 5 heteroatoms. The molecule has 104 valence electrons. The number of amides is 1. The van der Waals surface area contributed by atoms with Crippen LogP contribution < -0.4 is 11.1 Å². The van der Waals surface area contributed by atoms with Crippen molar-refractivity contribution in [3.8, 4) is 0 Å². The molecule has 0 heterocycles. The van der Waals surface area contributed by atoms with Gasteiger partial charge < -0.3 is 11.1 Å². The van der Waals surface area contributed by atoms with Crippen molar-refractivity contribution < 1.29 is 4.79 Å². The number of anilines is 1. The normalized spacial score (nSPS) is 16.3. The number of hydrogen-bond donors (Lipinski definition) is 2. The van der Waals surface area contributed by atoms with Gasteiger partial charge in [-0.2, -0.15) is 0 Å². The SMILES string of the molecule is Nc1cccc(Cl)c1SCC(=O)NC1CCCCC1. The molecule has 2 rings (SSSR count). The van der Waals surface area contributed by atoms with E-state index < -0.39 is 0 Å². The molecule has 0 aromatic heterocycles. The molecule has 1 aliphatic carbocycles. The third-order valence-electron chi connectivity index (χ3n) is 3.32. The first kappa shape index (κ1) is 14.5. The van der Waals surface area contributed by atoms with Crippen molar-refractivity contribution in [2.75, 3.05) is 11.5 Å². The summed E-state index contributed by atoms with van der Waals surface area (Å²) in [6.07, 6.45) is 5.93. The van der Waals surface area contributed by atoms with E-state index in [-0.39, 0.29) is 5.91 Å². The van der Waals surface area contributed by atoms with E-state index in [0.29, 0.717) is 22.5 Å². The minimum atomic E-state index is 0.0659. The first-order valence-electron chi connectivity index (χ1n) is 6.63. The number of hydrogen-bond acceptors (Lipinski definition) is 3. The van der Waals surface area contributed by atoms with Gasteiger partial charge in [0.2, 0.25) is 5.91 Å². The van der Waals surface area contributed by atoms with Crippen molar-refractivity contribution in [3.05, 3.63) is 23.2 Å². The molecule has 0 unspecified atom stereocenters. The molecule has 3 N–H and O–H groups in total. The fraction of sp³-hybridized carbons (Fsp3) is 0.500. The largest absolute Gasteiger partial charge is 0.398 e. The second kappa shape index (κ2) is 7.06. The van der Waals surface area contributed by atoms with Gasteiger partial charge in [-0.25, -0.2) is 0 Å². The average molecular weight is 299 g/mol. The Morgan fingerprint density at radius 3 is 2.79 bits per heavy atom. The van der Waals surface area contributed by atoms with E-state index in [2.05, 4.69) is 5.32 Å². The average Bonchev–Trinajstić information content (AvgIpc) is 2.39. The molecule has 1 aromatic rings. The Morgan fingerprint density at radius 1 is 1.37 bits per heavy atom. The predicted molar refractivity (Wildman–Crippen MR) is 81.6 cm³/mol. The highest BCUT2D eigenvalue weighted by Crippen LogP contribution is 2.32. The second-order valence-electron chi connectivity index (χ2n) is 4.85. The van der Waals surface area contributed by atoms with Crippen molar-refractivity contribution in [2.45, 2.75) is 43.0 Å². The summed E-state index contributed by atoms with van der Waals surface area (Å²) >= 11 is 7.47. The molecule has 0 saturated heterocycles. The fourth-order valence-corrected chi connectivity index (χ4v) is 3.48. The van der Waals surface area contributed by atoms with Crippen LogP contribution in [0.25, 0.3) is 0 Å². The first-order chi connectivity index (χ1) is 9.16. The Labute approximate surface area is 123 Å². The lowest BCUT2D eigenvalue weighted by atomic mass is 9.95. The van der Waals surface area contributed by atoms with Gasteiger partial charge in [0.05, 0.1) is 10.8 Å². The Morgan fingerprint density at radius 2 is 2.11 bits per heavy atom. The van der Waals surface area contributed by atoms with Crippen LogP contribution in [-0.2, 0) is 4.79 Å². The summed E-state index contributed by atoms with van der Waals surface area (Å²) in [5.74, 6) is 0.431. The highest BCUT2D eigenvalue weighted by atomic mass is 35.5. The predicted octanol–water partition coefficient (Wildman–Crippen LogP) is 3.46. The van der Waals surface area contributed by atoms with Gasteiger partial charge in [0.15, 0.2) is 0 Å². The molecule has 0 aliphatic heterocycles. The smallest absolute Gasteiger partial charge is 0.230 e. The van der Waals surface area contributed by atoms with Gasteiger partial charge in [-0.1, -0.05) is 36.9 Å². The van der Waals surface area contributed by atoms with Crippen molar-refractivity contribution in [1.82, 2.24) is 5.32 Å². The summed E-state index contributed by atoms with van der Waals surface area (Å²) < 4.78 is 0. The van der Waals surface area contributed by atoms with Gasteiger partial charge in [0, 0.05) is 16.6 Å². The number of thioether (sulfide) groups is 1. The zero-order valence-electron chi connectivity index (χ0n) is 10.8. The zero-order chi connectivity index (χ0) is 13.7. The number of carbonyl (C=O) groups is 1. The highest BCUT2D eigenvalue weighted by Gasteiger charge is 2.16. The van der Waals surface area contributed by atoms with Gasteiger partial charge >= 0.3 is 0 Å². The Hall–Kier alpha value is -0.870. The van der Waals surface area contributed by atoms with Crippen molar-refractivity contribution in [2.24, 2.45) is 0 Å². The number of nitrogens with two attached hydrogens (primary N) is 1. The lowest BCUT2D eigenvalue weighted by molar-refractivity contribution is -0.119. The lowest BCUT2D eigenvalue weighted by Crippen LogP contribution is -2.37. The Balaban J connectivity index is 1.83. The number of carbonyl (C=O) groups excluding carboxylic acids is 1. The summed E-state index contributed by atoms with van der Waals surface area (Å²) in [5, 5.41) is 3.69. The monoisotopic (exact) mass is 298 g/mol. The van der Waals surface area contributed by atoms with Gasteiger partial charge in [-0.3, -0.25) is 4.79 Å². The van der Waals surface area contributed by atoms with Crippen LogP contribution in [0.15, 0.2) is 23.1 Å². The maximum Gasteiger partial charge on any atom is 0.230 e. The summed E-state index contributed by atoms with van der Waals surface area (Å²) in [6, 6.07) is 5.75. The minimum Gasteiger partial charge on any atom is -0.398 e. The van der Waals surface area contributed by atoms with Crippen LogP contribution in [0.5, 0.6) is 0 Å². The molecule has 1 fully saturated rings. The molecular formula is C14H19ClN2OS. The number of rotatable bonds is 4. The second-order valence-corrected chi connectivity index (χ2v) is 6.24. The van der Waals surface area contributed by atoms with Gasteiger partial charge in [0.1, 0.15) is 0 Å². The van der Waals surface area contributed by atoms with Crippen LogP contribution in [0.2, 0.25) is 5.02 Å². The molecule has 1 aromatic carbocycles. The molecule has 0 atom stereocenters. The van der Waals surface area contributed by atoms with Gasteiger partial charge in [-0.05, 0) is 25.0 Å². The quantitative estimate of drug-likeness (QED) is 0.661. The summed E-state index contributed by atoms with van der Waals surface area (Å²) in [5.41, 5.74) is 6.48.